The molecule has 0 radical (unpaired) electrons. The monoisotopic (exact) mass is 191 g/mol. The number of hydrogen-bond acceptors (Lipinski definition) is 1. The van der Waals surface area contributed by atoms with Crippen LogP contribution in [0.4, 0.5) is 0 Å². The fraction of sp³-hybridized carbons (Fsp3) is 0.615. The van der Waals surface area contributed by atoms with Gasteiger partial charge in [0.2, 0.25) is 0 Å². The molecule has 0 aliphatic carbocycles. The topological polar surface area (TPSA) is 12.9 Å². The van der Waals surface area contributed by atoms with Crippen molar-refractivity contribution in [3.63, 3.8) is 0 Å². The Morgan fingerprint density at radius 3 is 2.36 bits per heavy atom. The lowest BCUT2D eigenvalue weighted by molar-refractivity contribution is 0.638. The molecule has 0 N–H and O–H groups in total. The van der Waals surface area contributed by atoms with Gasteiger partial charge in [-0.1, -0.05) is 27.7 Å². The zero-order valence-corrected chi connectivity index (χ0v) is 9.75. The molecule has 0 fully saturated rings. The van der Waals surface area contributed by atoms with E-state index in [9.17, 15) is 0 Å². The van der Waals surface area contributed by atoms with Crippen molar-refractivity contribution in [3.8, 4) is 0 Å². The molecule has 1 aromatic heterocycles. The Labute approximate surface area is 87.6 Å². The van der Waals surface area contributed by atoms with Gasteiger partial charge in [0.25, 0.3) is 0 Å². The van der Waals surface area contributed by atoms with Crippen LogP contribution in [0.1, 0.15) is 63.6 Å². The third-order valence-electron chi connectivity index (χ3n) is 2.85. The second-order valence-electron chi connectivity index (χ2n) is 4.18. The predicted octanol–water partition coefficient (Wildman–Crippen LogP) is 4.11. The minimum absolute atomic E-state index is 0.532. The van der Waals surface area contributed by atoms with Gasteiger partial charge in [0, 0.05) is 11.9 Å². The highest BCUT2D eigenvalue weighted by atomic mass is 14.7. The summed E-state index contributed by atoms with van der Waals surface area (Å²) in [5, 5.41) is 0. The lowest BCUT2D eigenvalue weighted by atomic mass is 9.93. The largest absolute Gasteiger partial charge is 0.261 e. The summed E-state index contributed by atoms with van der Waals surface area (Å²) in [6.07, 6.45) is 4.39. The molecule has 1 heterocycles. The van der Waals surface area contributed by atoms with E-state index in [-0.39, 0.29) is 0 Å². The maximum absolute atomic E-state index is 4.39. The van der Waals surface area contributed by atoms with E-state index in [1.165, 1.54) is 24.1 Å². The molecule has 14 heavy (non-hydrogen) atoms. The molecule has 0 aliphatic rings. The maximum Gasteiger partial charge on any atom is 0.0431 e. The van der Waals surface area contributed by atoms with Crippen LogP contribution in [-0.4, -0.2) is 4.98 Å². The molecule has 0 atom stereocenters. The van der Waals surface area contributed by atoms with Crippen molar-refractivity contribution in [2.75, 3.05) is 0 Å². The average Bonchev–Trinajstić information content (AvgIpc) is 2.20. The second-order valence-corrected chi connectivity index (χ2v) is 4.18. The van der Waals surface area contributed by atoms with Crippen LogP contribution in [0.15, 0.2) is 18.3 Å². The molecule has 1 rings (SSSR count). The van der Waals surface area contributed by atoms with E-state index in [1.807, 2.05) is 6.20 Å². The summed E-state index contributed by atoms with van der Waals surface area (Å²) in [5.41, 5.74) is 2.67. The molecule has 0 aromatic carbocycles. The van der Waals surface area contributed by atoms with Gasteiger partial charge in [0.05, 0.1) is 0 Å². The Hall–Kier alpha value is -0.850. The van der Waals surface area contributed by atoms with Crippen LogP contribution in [-0.2, 0) is 0 Å². The lowest BCUT2D eigenvalue weighted by Crippen LogP contribution is -1.99. The first-order chi connectivity index (χ1) is 6.69. The third-order valence-corrected chi connectivity index (χ3v) is 2.85. The van der Waals surface area contributed by atoms with E-state index in [0.717, 1.165) is 0 Å². The van der Waals surface area contributed by atoms with Crippen LogP contribution in [0.25, 0.3) is 0 Å². The summed E-state index contributed by atoms with van der Waals surface area (Å²) < 4.78 is 0. The molecule has 0 unspecified atom stereocenters. The Balaban J connectivity index is 2.92. The number of rotatable bonds is 4. The van der Waals surface area contributed by atoms with E-state index in [4.69, 9.17) is 0 Å². The predicted molar refractivity (Wildman–Crippen MR) is 61.6 cm³/mol. The molecule has 1 heteroatoms. The van der Waals surface area contributed by atoms with Crippen molar-refractivity contribution < 1.29 is 0 Å². The van der Waals surface area contributed by atoms with E-state index >= 15 is 0 Å². The van der Waals surface area contributed by atoms with E-state index in [0.29, 0.717) is 11.8 Å². The van der Waals surface area contributed by atoms with Gasteiger partial charge in [0.15, 0.2) is 0 Å². The molecular formula is C13H21N. The Morgan fingerprint density at radius 1 is 1.21 bits per heavy atom. The van der Waals surface area contributed by atoms with Crippen molar-refractivity contribution in [1.82, 2.24) is 4.98 Å². The molecule has 0 bridgehead atoms. The van der Waals surface area contributed by atoms with Gasteiger partial charge in [-0.3, -0.25) is 4.98 Å². The highest BCUT2D eigenvalue weighted by molar-refractivity contribution is 5.22. The molecule has 1 aromatic rings. The van der Waals surface area contributed by atoms with E-state index in [2.05, 4.69) is 44.8 Å². The van der Waals surface area contributed by atoms with Crippen LogP contribution in [0, 0.1) is 0 Å². The lowest BCUT2D eigenvalue weighted by Gasteiger charge is -2.14. The van der Waals surface area contributed by atoms with Crippen LogP contribution in [0.3, 0.4) is 0 Å². The molecule has 78 valence electrons. The smallest absolute Gasteiger partial charge is 0.0431 e. The first-order valence-electron chi connectivity index (χ1n) is 5.64. The Morgan fingerprint density at radius 2 is 1.86 bits per heavy atom. The van der Waals surface area contributed by atoms with Crippen molar-refractivity contribution in [2.24, 2.45) is 0 Å². The average molecular weight is 191 g/mol. The minimum atomic E-state index is 0.532. The molecule has 0 aliphatic heterocycles. The van der Waals surface area contributed by atoms with Gasteiger partial charge < -0.3 is 0 Å². The zero-order chi connectivity index (χ0) is 10.6. The number of aromatic nitrogens is 1. The first kappa shape index (κ1) is 11.2. The van der Waals surface area contributed by atoms with Gasteiger partial charge in [0.1, 0.15) is 0 Å². The molecule has 1 nitrogen and oxygen atoms in total. The van der Waals surface area contributed by atoms with Gasteiger partial charge in [-0.25, -0.2) is 0 Å². The molecule has 0 amide bonds. The van der Waals surface area contributed by atoms with Crippen molar-refractivity contribution in [3.05, 3.63) is 29.6 Å². The van der Waals surface area contributed by atoms with E-state index in [1.54, 1.807) is 0 Å². The normalized spacial score (nSPS) is 11.3. The van der Waals surface area contributed by atoms with Gasteiger partial charge in [-0.15, -0.1) is 0 Å². The minimum Gasteiger partial charge on any atom is -0.261 e. The summed E-state index contributed by atoms with van der Waals surface area (Å²) in [6, 6.07) is 4.42. The van der Waals surface area contributed by atoms with Crippen LogP contribution in [0.2, 0.25) is 0 Å². The fourth-order valence-corrected chi connectivity index (χ4v) is 1.80. The van der Waals surface area contributed by atoms with Crippen molar-refractivity contribution >= 4 is 0 Å². The fourth-order valence-electron chi connectivity index (χ4n) is 1.80. The number of nitrogens with zero attached hydrogens (tertiary/aromatic N) is 1. The maximum atomic E-state index is 4.39. The van der Waals surface area contributed by atoms with Crippen LogP contribution < -0.4 is 0 Å². The van der Waals surface area contributed by atoms with Crippen molar-refractivity contribution in [2.45, 2.75) is 52.4 Å². The summed E-state index contributed by atoms with van der Waals surface area (Å²) in [6.45, 7) is 8.89. The first-order valence-corrected chi connectivity index (χ1v) is 5.64. The Kier molecular flexibility index (Phi) is 4.12. The summed E-state index contributed by atoms with van der Waals surface area (Å²) in [7, 11) is 0. The van der Waals surface area contributed by atoms with Gasteiger partial charge >= 0.3 is 0 Å². The van der Waals surface area contributed by atoms with E-state index < -0.39 is 0 Å². The van der Waals surface area contributed by atoms with Gasteiger partial charge in [-0.05, 0) is 42.4 Å². The molecule has 0 saturated carbocycles. The summed E-state index contributed by atoms with van der Waals surface area (Å²) in [4.78, 5) is 4.39. The second kappa shape index (κ2) is 5.14. The van der Waals surface area contributed by atoms with Crippen LogP contribution >= 0.6 is 0 Å². The van der Waals surface area contributed by atoms with Gasteiger partial charge in [-0.2, -0.15) is 0 Å². The zero-order valence-electron chi connectivity index (χ0n) is 9.75. The highest BCUT2D eigenvalue weighted by Crippen LogP contribution is 2.24. The SMILES string of the molecule is CCC(CC)c1ccnc(C(C)C)c1. The number of hydrogen-bond donors (Lipinski definition) is 0. The highest BCUT2D eigenvalue weighted by Gasteiger charge is 2.08. The quantitative estimate of drug-likeness (QED) is 0.698. The summed E-state index contributed by atoms with van der Waals surface area (Å²) in [5.74, 6) is 1.24. The molecular weight excluding hydrogens is 170 g/mol. The molecule has 0 spiro atoms. The third kappa shape index (κ3) is 2.57. The van der Waals surface area contributed by atoms with Crippen molar-refractivity contribution in [1.29, 1.82) is 0 Å². The van der Waals surface area contributed by atoms with Crippen LogP contribution in [0.5, 0.6) is 0 Å². The standard InChI is InChI=1S/C13H21N/c1-5-11(6-2)12-7-8-14-13(9-12)10(3)4/h7-11H,5-6H2,1-4H3. The molecule has 0 saturated heterocycles. The number of pyridine rings is 1. The summed E-state index contributed by atoms with van der Waals surface area (Å²) >= 11 is 0. The Bertz CT molecular complexity index is 274.